The summed E-state index contributed by atoms with van der Waals surface area (Å²) in [5.74, 6) is -1.40. The molecule has 6 nitrogen and oxygen atoms in total. The van der Waals surface area contributed by atoms with Gasteiger partial charge in [-0.15, -0.1) is 0 Å². The molecule has 1 heterocycles. The number of rotatable bonds is 7. The zero-order chi connectivity index (χ0) is 17.5. The van der Waals surface area contributed by atoms with Crippen molar-refractivity contribution in [2.75, 3.05) is 0 Å². The smallest absolute Gasteiger partial charge is 0.303 e. The van der Waals surface area contributed by atoms with Gasteiger partial charge in [0.05, 0.1) is 6.54 Å². The molecule has 2 aromatic rings. The van der Waals surface area contributed by atoms with E-state index in [9.17, 15) is 14.4 Å². The third-order valence-corrected chi connectivity index (χ3v) is 3.63. The van der Waals surface area contributed by atoms with E-state index in [0.29, 0.717) is 13.0 Å². The molecule has 126 valence electrons. The van der Waals surface area contributed by atoms with Crippen LogP contribution in [0, 0.1) is 0 Å². The lowest BCUT2D eigenvalue weighted by Crippen LogP contribution is -2.37. The van der Waals surface area contributed by atoms with E-state index in [2.05, 4.69) is 5.32 Å². The zero-order valence-corrected chi connectivity index (χ0v) is 13.4. The van der Waals surface area contributed by atoms with Gasteiger partial charge in [0.1, 0.15) is 5.56 Å². The van der Waals surface area contributed by atoms with Crippen LogP contribution in [0.1, 0.15) is 35.7 Å². The fraction of sp³-hybridized carbons (Fsp3) is 0.278. The molecule has 0 radical (unpaired) electrons. The van der Waals surface area contributed by atoms with Gasteiger partial charge in [-0.1, -0.05) is 30.3 Å². The topological polar surface area (TPSA) is 88.4 Å². The van der Waals surface area contributed by atoms with Gasteiger partial charge < -0.3 is 15.0 Å². The zero-order valence-electron chi connectivity index (χ0n) is 13.4. The summed E-state index contributed by atoms with van der Waals surface area (Å²) in [6.07, 6.45) is 1.92. The van der Waals surface area contributed by atoms with Crippen LogP contribution in [0.5, 0.6) is 0 Å². The highest BCUT2D eigenvalue weighted by molar-refractivity contribution is 5.94. The van der Waals surface area contributed by atoms with Crippen LogP contribution in [0.2, 0.25) is 0 Å². The molecular weight excluding hydrogens is 308 g/mol. The number of benzene rings is 1. The highest BCUT2D eigenvalue weighted by Crippen LogP contribution is 2.03. The maximum absolute atomic E-state index is 12.5. The largest absolute Gasteiger partial charge is 0.481 e. The molecule has 0 aliphatic carbocycles. The van der Waals surface area contributed by atoms with Gasteiger partial charge in [-0.2, -0.15) is 0 Å². The number of hydrogen-bond donors (Lipinski definition) is 2. The minimum absolute atomic E-state index is 0.0333. The molecule has 1 aromatic carbocycles. The molecule has 0 bridgehead atoms. The minimum atomic E-state index is -0.916. The highest BCUT2D eigenvalue weighted by Gasteiger charge is 2.15. The number of amides is 1. The highest BCUT2D eigenvalue weighted by atomic mass is 16.4. The van der Waals surface area contributed by atoms with E-state index in [1.165, 1.54) is 10.6 Å². The van der Waals surface area contributed by atoms with Crippen molar-refractivity contribution < 1.29 is 14.7 Å². The first kappa shape index (κ1) is 17.5. The molecule has 6 heteroatoms. The molecule has 0 saturated heterocycles. The van der Waals surface area contributed by atoms with E-state index < -0.39 is 11.9 Å². The second kappa shape index (κ2) is 8.10. The predicted molar refractivity (Wildman–Crippen MR) is 90.0 cm³/mol. The summed E-state index contributed by atoms with van der Waals surface area (Å²) in [6, 6.07) is 12.3. The Balaban J connectivity index is 2.10. The fourth-order valence-corrected chi connectivity index (χ4v) is 2.33. The van der Waals surface area contributed by atoms with Crippen molar-refractivity contribution in [2.45, 2.75) is 32.4 Å². The number of nitrogens with zero attached hydrogens (tertiary/aromatic N) is 1. The second-order valence-corrected chi connectivity index (χ2v) is 5.65. The number of pyridine rings is 1. The van der Waals surface area contributed by atoms with Crippen LogP contribution in [-0.4, -0.2) is 27.6 Å². The molecule has 0 unspecified atom stereocenters. The number of carbonyl (C=O) groups is 2. The SMILES string of the molecule is C[C@@H](CCC(=O)O)NC(=O)c1cccn(Cc2ccccc2)c1=O. The van der Waals surface area contributed by atoms with Gasteiger partial charge in [-0.3, -0.25) is 14.4 Å². The number of hydrogen-bond acceptors (Lipinski definition) is 3. The summed E-state index contributed by atoms with van der Waals surface area (Å²) in [4.78, 5) is 35.3. The average molecular weight is 328 g/mol. The number of nitrogens with one attached hydrogen (secondary N) is 1. The van der Waals surface area contributed by atoms with Crippen molar-refractivity contribution in [1.82, 2.24) is 9.88 Å². The lowest BCUT2D eigenvalue weighted by Gasteiger charge is -2.13. The number of carboxylic acids is 1. The van der Waals surface area contributed by atoms with E-state index in [0.717, 1.165) is 5.56 Å². The predicted octanol–water partition coefficient (Wildman–Crippen LogP) is 1.88. The van der Waals surface area contributed by atoms with Crippen molar-refractivity contribution in [3.63, 3.8) is 0 Å². The number of aliphatic carboxylic acids is 1. The molecule has 2 N–H and O–H groups in total. The average Bonchev–Trinajstić information content (AvgIpc) is 2.56. The van der Waals surface area contributed by atoms with Gasteiger partial charge in [0.15, 0.2) is 0 Å². The quantitative estimate of drug-likeness (QED) is 0.812. The van der Waals surface area contributed by atoms with E-state index in [-0.39, 0.29) is 23.6 Å². The van der Waals surface area contributed by atoms with E-state index in [1.54, 1.807) is 19.2 Å². The summed E-state index contributed by atoms with van der Waals surface area (Å²) in [7, 11) is 0. The molecule has 0 spiro atoms. The van der Waals surface area contributed by atoms with Gasteiger partial charge in [0.2, 0.25) is 0 Å². The first-order valence-corrected chi connectivity index (χ1v) is 7.73. The number of carbonyl (C=O) groups excluding carboxylic acids is 1. The van der Waals surface area contributed by atoms with Gasteiger partial charge in [-0.05, 0) is 31.0 Å². The van der Waals surface area contributed by atoms with Crippen LogP contribution in [0.25, 0.3) is 0 Å². The monoisotopic (exact) mass is 328 g/mol. The van der Waals surface area contributed by atoms with Gasteiger partial charge in [-0.25, -0.2) is 0 Å². The van der Waals surface area contributed by atoms with E-state index in [1.807, 2.05) is 30.3 Å². The minimum Gasteiger partial charge on any atom is -0.481 e. The molecule has 0 aliphatic heterocycles. The summed E-state index contributed by atoms with van der Waals surface area (Å²) in [5.41, 5.74) is 0.645. The van der Waals surface area contributed by atoms with E-state index >= 15 is 0 Å². The van der Waals surface area contributed by atoms with Crippen molar-refractivity contribution in [2.24, 2.45) is 0 Å². The maximum atomic E-state index is 12.5. The fourth-order valence-electron chi connectivity index (χ4n) is 2.33. The second-order valence-electron chi connectivity index (χ2n) is 5.65. The van der Waals surface area contributed by atoms with Crippen LogP contribution < -0.4 is 10.9 Å². The van der Waals surface area contributed by atoms with Gasteiger partial charge >= 0.3 is 5.97 Å². The Morgan fingerprint density at radius 3 is 2.54 bits per heavy atom. The van der Waals surface area contributed by atoms with E-state index in [4.69, 9.17) is 5.11 Å². The summed E-state index contributed by atoms with van der Waals surface area (Å²) >= 11 is 0. The molecular formula is C18H20N2O4. The van der Waals surface area contributed by atoms with Crippen LogP contribution in [0.3, 0.4) is 0 Å². The summed E-state index contributed by atoms with van der Waals surface area (Å²) in [6.45, 7) is 2.10. The lowest BCUT2D eigenvalue weighted by molar-refractivity contribution is -0.137. The Hall–Kier alpha value is -2.89. The maximum Gasteiger partial charge on any atom is 0.303 e. The molecule has 2 rings (SSSR count). The molecule has 1 aromatic heterocycles. The Morgan fingerprint density at radius 1 is 1.17 bits per heavy atom. The Kier molecular flexibility index (Phi) is 5.89. The van der Waals surface area contributed by atoms with Crippen molar-refractivity contribution >= 4 is 11.9 Å². The normalized spacial score (nSPS) is 11.7. The van der Waals surface area contributed by atoms with Crippen LogP contribution in [-0.2, 0) is 11.3 Å². The van der Waals surface area contributed by atoms with Crippen molar-refractivity contribution in [3.8, 4) is 0 Å². The molecule has 1 amide bonds. The molecule has 0 fully saturated rings. The van der Waals surface area contributed by atoms with Crippen LogP contribution in [0.15, 0.2) is 53.5 Å². The standard InChI is InChI=1S/C18H20N2O4/c1-13(9-10-16(21)22)19-17(23)15-8-5-11-20(18(15)24)12-14-6-3-2-4-7-14/h2-8,11,13H,9-10,12H2,1H3,(H,19,23)(H,21,22)/t13-/m0/s1. The first-order chi connectivity index (χ1) is 11.5. The molecule has 0 saturated carbocycles. The molecule has 0 aliphatic rings. The van der Waals surface area contributed by atoms with Gasteiger partial charge in [0.25, 0.3) is 11.5 Å². The first-order valence-electron chi connectivity index (χ1n) is 7.73. The Labute approximate surface area is 139 Å². The molecule has 1 atom stereocenters. The Bertz CT molecular complexity index is 768. The number of aromatic nitrogens is 1. The summed E-state index contributed by atoms with van der Waals surface area (Å²) in [5, 5.41) is 11.3. The number of carboxylic acid groups (broad SMARTS) is 1. The molecule has 24 heavy (non-hydrogen) atoms. The van der Waals surface area contributed by atoms with Gasteiger partial charge in [0, 0.05) is 18.7 Å². The summed E-state index contributed by atoms with van der Waals surface area (Å²) < 4.78 is 1.48. The Morgan fingerprint density at radius 2 is 1.88 bits per heavy atom. The lowest BCUT2D eigenvalue weighted by atomic mass is 10.1. The van der Waals surface area contributed by atoms with Crippen LogP contribution in [0.4, 0.5) is 0 Å². The van der Waals surface area contributed by atoms with Crippen molar-refractivity contribution in [3.05, 3.63) is 70.1 Å². The van der Waals surface area contributed by atoms with Crippen LogP contribution >= 0.6 is 0 Å². The third kappa shape index (κ3) is 4.81. The third-order valence-electron chi connectivity index (χ3n) is 3.63. The van der Waals surface area contributed by atoms with Crippen molar-refractivity contribution in [1.29, 1.82) is 0 Å².